The van der Waals surface area contributed by atoms with E-state index in [4.69, 9.17) is 10.00 Å². The summed E-state index contributed by atoms with van der Waals surface area (Å²) in [6, 6.07) is 9.37. The van der Waals surface area contributed by atoms with Gasteiger partial charge in [-0.3, -0.25) is 0 Å². The van der Waals surface area contributed by atoms with Crippen molar-refractivity contribution >= 4 is 37.6 Å². The Hall–Kier alpha value is -3.31. The normalized spacial score (nSPS) is 16.4. The van der Waals surface area contributed by atoms with Crippen LogP contribution in [0.5, 0.6) is 5.75 Å². The van der Waals surface area contributed by atoms with Crippen LogP contribution in [0.2, 0.25) is 0 Å². The minimum absolute atomic E-state index is 0.0751. The first-order chi connectivity index (χ1) is 14.1. The number of ether oxygens (including phenoxy) is 1. The molecule has 144 valence electrons. The summed E-state index contributed by atoms with van der Waals surface area (Å²) in [6.45, 7) is 5.66. The van der Waals surface area contributed by atoms with Crippen molar-refractivity contribution in [3.8, 4) is 11.8 Å². The minimum atomic E-state index is 0.0751. The maximum Gasteiger partial charge on any atom is 0.150 e. The summed E-state index contributed by atoms with van der Waals surface area (Å²) >= 11 is 1.60. The van der Waals surface area contributed by atoms with E-state index in [2.05, 4.69) is 38.1 Å². The number of benzene rings is 1. The van der Waals surface area contributed by atoms with Crippen LogP contribution in [0.15, 0.2) is 30.6 Å². The molecule has 0 amide bonds. The second kappa shape index (κ2) is 6.94. The Morgan fingerprint density at radius 1 is 1.17 bits per heavy atom. The van der Waals surface area contributed by atoms with Crippen LogP contribution in [0.3, 0.4) is 0 Å². The molecule has 1 aliphatic heterocycles. The average Bonchev–Trinajstić information content (AvgIpc) is 3.36. The Morgan fingerprint density at radius 3 is 2.79 bits per heavy atom. The fourth-order valence-corrected chi connectivity index (χ4v) is 4.86. The van der Waals surface area contributed by atoms with Gasteiger partial charge in [0.25, 0.3) is 0 Å². The summed E-state index contributed by atoms with van der Waals surface area (Å²) in [4.78, 5) is 12.3. The van der Waals surface area contributed by atoms with Crippen molar-refractivity contribution in [3.63, 3.8) is 0 Å². The molecule has 0 spiro atoms. The highest BCUT2D eigenvalue weighted by Gasteiger charge is 2.28. The Kier molecular flexibility index (Phi) is 4.25. The van der Waals surface area contributed by atoms with Crippen LogP contribution in [0, 0.1) is 25.2 Å². The van der Waals surface area contributed by atoms with Crippen LogP contribution >= 0.6 is 11.3 Å². The zero-order valence-electron chi connectivity index (χ0n) is 16.1. The monoisotopic (exact) mass is 402 g/mol. The van der Waals surface area contributed by atoms with Gasteiger partial charge in [-0.2, -0.15) is 10.4 Å². The van der Waals surface area contributed by atoms with Crippen LogP contribution < -0.4 is 9.64 Å². The van der Waals surface area contributed by atoms with Crippen molar-refractivity contribution in [3.05, 3.63) is 47.4 Å². The summed E-state index contributed by atoms with van der Waals surface area (Å²) in [6.07, 6.45) is 2.62. The first kappa shape index (κ1) is 17.8. The lowest BCUT2D eigenvalue weighted by Gasteiger charge is -2.18. The van der Waals surface area contributed by atoms with E-state index in [-0.39, 0.29) is 6.10 Å². The zero-order chi connectivity index (χ0) is 20.0. The number of anilines is 1. The lowest BCUT2D eigenvalue weighted by atomic mass is 10.1. The SMILES string of the molecule is Cc1nnc2sc3c(N4CC[C@H](Oc5ccc(C#N)cc5)C4)ncnc3c2c1C. The summed E-state index contributed by atoms with van der Waals surface area (Å²) in [5.41, 5.74) is 3.62. The van der Waals surface area contributed by atoms with Crippen LogP contribution in [0.25, 0.3) is 20.4 Å². The van der Waals surface area contributed by atoms with Crippen LogP contribution in [0.1, 0.15) is 23.2 Å². The Balaban J connectivity index is 1.44. The standard InChI is InChI=1S/C21H18N6OS/c1-12-13(2)25-26-21-17(12)18-19(29-21)20(24-11-23-18)27-8-7-16(10-27)28-15-5-3-14(9-22)4-6-15/h3-6,11,16H,7-8,10H2,1-2H3/t16-/m0/s1. The fourth-order valence-electron chi connectivity index (χ4n) is 3.71. The lowest BCUT2D eigenvalue weighted by Crippen LogP contribution is -2.25. The third kappa shape index (κ3) is 3.04. The van der Waals surface area contributed by atoms with Crippen LogP contribution in [0.4, 0.5) is 5.82 Å². The predicted octanol–water partition coefficient (Wildman–Crippen LogP) is 3.78. The van der Waals surface area contributed by atoms with Gasteiger partial charge in [-0.25, -0.2) is 9.97 Å². The number of aryl methyl sites for hydroxylation is 2. The highest BCUT2D eigenvalue weighted by Crippen LogP contribution is 2.38. The molecule has 4 aromatic rings. The van der Waals surface area contributed by atoms with Crippen LogP contribution in [-0.4, -0.2) is 39.4 Å². The van der Waals surface area contributed by atoms with Gasteiger partial charge in [-0.05, 0) is 43.7 Å². The first-order valence-electron chi connectivity index (χ1n) is 9.43. The molecule has 5 rings (SSSR count). The molecule has 1 saturated heterocycles. The number of aromatic nitrogens is 4. The van der Waals surface area contributed by atoms with Gasteiger partial charge in [-0.1, -0.05) is 0 Å². The van der Waals surface area contributed by atoms with Gasteiger partial charge in [0.1, 0.15) is 28.8 Å². The number of fused-ring (bicyclic) bond motifs is 3. The Bertz CT molecular complexity index is 1260. The highest BCUT2D eigenvalue weighted by molar-refractivity contribution is 7.26. The van der Waals surface area contributed by atoms with Gasteiger partial charge in [0.15, 0.2) is 0 Å². The van der Waals surface area contributed by atoms with Gasteiger partial charge >= 0.3 is 0 Å². The van der Waals surface area contributed by atoms with Gasteiger partial charge in [0, 0.05) is 18.4 Å². The molecule has 29 heavy (non-hydrogen) atoms. The van der Waals surface area contributed by atoms with E-state index in [0.29, 0.717) is 5.56 Å². The van der Waals surface area contributed by atoms with Crippen molar-refractivity contribution in [2.45, 2.75) is 26.4 Å². The third-order valence-corrected chi connectivity index (χ3v) is 6.43. The molecular formula is C21H18N6OS. The largest absolute Gasteiger partial charge is 0.489 e. The maximum atomic E-state index is 8.93. The quantitative estimate of drug-likeness (QED) is 0.515. The van der Waals surface area contributed by atoms with Gasteiger partial charge in [-0.15, -0.1) is 16.4 Å². The zero-order valence-corrected chi connectivity index (χ0v) is 16.9. The fraction of sp³-hybridized carbons (Fsp3) is 0.286. The average molecular weight is 402 g/mol. The van der Waals surface area contributed by atoms with E-state index in [0.717, 1.165) is 62.8 Å². The Morgan fingerprint density at radius 2 is 2.00 bits per heavy atom. The van der Waals surface area contributed by atoms with Crippen molar-refractivity contribution in [1.82, 2.24) is 20.2 Å². The van der Waals surface area contributed by atoms with Gasteiger partial charge in [0.2, 0.25) is 0 Å². The molecule has 7 nitrogen and oxygen atoms in total. The third-order valence-electron chi connectivity index (χ3n) is 5.37. The first-order valence-corrected chi connectivity index (χ1v) is 10.2. The lowest BCUT2D eigenvalue weighted by molar-refractivity contribution is 0.225. The van der Waals surface area contributed by atoms with Crippen LogP contribution in [-0.2, 0) is 0 Å². The summed E-state index contributed by atoms with van der Waals surface area (Å²) in [7, 11) is 0. The number of hydrogen-bond donors (Lipinski definition) is 0. The van der Waals surface area contributed by atoms with E-state index < -0.39 is 0 Å². The predicted molar refractivity (Wildman–Crippen MR) is 112 cm³/mol. The summed E-state index contributed by atoms with van der Waals surface area (Å²) < 4.78 is 7.16. The number of thiophene rings is 1. The van der Waals surface area contributed by atoms with Crippen molar-refractivity contribution in [1.29, 1.82) is 5.26 Å². The van der Waals surface area contributed by atoms with E-state index in [1.165, 1.54) is 0 Å². The van der Waals surface area contributed by atoms with E-state index >= 15 is 0 Å². The molecule has 0 bridgehead atoms. The van der Waals surface area contributed by atoms with E-state index in [1.807, 2.05) is 19.1 Å². The van der Waals surface area contributed by atoms with Crippen molar-refractivity contribution < 1.29 is 4.74 Å². The maximum absolute atomic E-state index is 8.93. The summed E-state index contributed by atoms with van der Waals surface area (Å²) in [5, 5.41) is 18.6. The van der Waals surface area contributed by atoms with Crippen molar-refractivity contribution in [2.75, 3.05) is 18.0 Å². The smallest absolute Gasteiger partial charge is 0.150 e. The molecule has 0 radical (unpaired) electrons. The molecule has 0 unspecified atom stereocenters. The second-order valence-corrected chi connectivity index (χ2v) is 8.18. The van der Waals surface area contributed by atoms with E-state index in [1.54, 1.807) is 29.8 Å². The van der Waals surface area contributed by atoms with Gasteiger partial charge in [0.05, 0.1) is 34.1 Å². The van der Waals surface area contributed by atoms with E-state index in [9.17, 15) is 0 Å². The molecule has 1 atom stereocenters. The summed E-state index contributed by atoms with van der Waals surface area (Å²) in [5.74, 6) is 1.72. The number of nitriles is 1. The topological polar surface area (TPSA) is 87.8 Å². The van der Waals surface area contributed by atoms with Gasteiger partial charge < -0.3 is 9.64 Å². The number of nitrogens with zero attached hydrogens (tertiary/aromatic N) is 6. The number of rotatable bonds is 3. The Labute approximate surface area is 171 Å². The molecule has 1 fully saturated rings. The molecule has 1 aromatic carbocycles. The molecule has 0 N–H and O–H groups in total. The molecular weight excluding hydrogens is 384 g/mol. The molecule has 3 aromatic heterocycles. The molecule has 8 heteroatoms. The van der Waals surface area contributed by atoms with Crippen molar-refractivity contribution in [2.24, 2.45) is 0 Å². The minimum Gasteiger partial charge on any atom is -0.489 e. The molecule has 0 aliphatic carbocycles. The molecule has 1 aliphatic rings. The molecule has 0 saturated carbocycles. The second-order valence-electron chi connectivity index (χ2n) is 7.18. The highest BCUT2D eigenvalue weighted by atomic mass is 32.1. The number of hydrogen-bond acceptors (Lipinski definition) is 8. The molecule has 4 heterocycles.